The molecule has 2 aromatic rings. The fourth-order valence-corrected chi connectivity index (χ4v) is 4.07. The molecule has 0 spiro atoms. The lowest BCUT2D eigenvalue weighted by atomic mass is 9.80. The fourth-order valence-electron chi connectivity index (χ4n) is 4.07. The number of ether oxygens (including phenoxy) is 1. The van der Waals surface area contributed by atoms with Crippen LogP contribution in [0.25, 0.3) is 11.1 Å². The summed E-state index contributed by atoms with van der Waals surface area (Å²) in [6.07, 6.45) is 5.10. The second-order valence-electron chi connectivity index (χ2n) is 8.20. The molecule has 1 aliphatic carbocycles. The summed E-state index contributed by atoms with van der Waals surface area (Å²) >= 11 is 0. The molecule has 30 heavy (non-hydrogen) atoms. The number of rotatable bonds is 7. The molecule has 0 aromatic heterocycles. The van der Waals surface area contributed by atoms with Crippen molar-refractivity contribution in [3.05, 3.63) is 65.7 Å². The van der Waals surface area contributed by atoms with Crippen LogP contribution in [0.1, 0.15) is 51.0 Å². The Hall–Kier alpha value is -2.30. The van der Waals surface area contributed by atoms with Gasteiger partial charge < -0.3 is 4.74 Å². The van der Waals surface area contributed by atoms with E-state index in [9.17, 15) is 17.6 Å². The molecule has 5 heteroatoms. The van der Waals surface area contributed by atoms with Gasteiger partial charge >= 0.3 is 6.11 Å². The molecule has 1 fully saturated rings. The average Bonchev–Trinajstić information content (AvgIpc) is 2.70. The second-order valence-corrected chi connectivity index (χ2v) is 8.20. The van der Waals surface area contributed by atoms with Crippen molar-refractivity contribution in [3.8, 4) is 16.9 Å². The van der Waals surface area contributed by atoms with Crippen LogP contribution < -0.4 is 4.74 Å². The van der Waals surface area contributed by atoms with Gasteiger partial charge in [0.25, 0.3) is 0 Å². The van der Waals surface area contributed by atoms with Crippen LogP contribution in [-0.2, 0) is 0 Å². The summed E-state index contributed by atoms with van der Waals surface area (Å²) in [4.78, 5) is 0. The van der Waals surface area contributed by atoms with Gasteiger partial charge in [-0.2, -0.15) is 8.78 Å². The minimum atomic E-state index is -3.52. The Morgan fingerprint density at radius 3 is 2.37 bits per heavy atom. The van der Waals surface area contributed by atoms with Gasteiger partial charge in [0.1, 0.15) is 17.4 Å². The lowest BCUT2D eigenvalue weighted by Gasteiger charge is -2.26. The minimum absolute atomic E-state index is 0.128. The molecule has 0 bridgehead atoms. The molecule has 2 aromatic carbocycles. The molecular weight excluding hydrogens is 392 g/mol. The van der Waals surface area contributed by atoms with Crippen LogP contribution in [-0.4, -0.2) is 6.11 Å². The summed E-state index contributed by atoms with van der Waals surface area (Å²) < 4.78 is 61.4. The number of hydrogen-bond donors (Lipinski definition) is 0. The van der Waals surface area contributed by atoms with E-state index in [4.69, 9.17) is 4.74 Å². The zero-order valence-corrected chi connectivity index (χ0v) is 17.4. The van der Waals surface area contributed by atoms with Crippen molar-refractivity contribution >= 4 is 0 Å². The smallest absolute Gasteiger partial charge is 0.419 e. The minimum Gasteiger partial charge on any atom is -0.429 e. The first kappa shape index (κ1) is 22.4. The van der Waals surface area contributed by atoms with E-state index in [1.807, 2.05) is 0 Å². The number of halogens is 4. The molecule has 3 rings (SSSR count). The van der Waals surface area contributed by atoms with Crippen LogP contribution in [0.5, 0.6) is 5.75 Å². The first-order chi connectivity index (χ1) is 14.3. The third-order valence-corrected chi connectivity index (χ3v) is 5.83. The summed E-state index contributed by atoms with van der Waals surface area (Å²) in [6.45, 7) is 3.77. The van der Waals surface area contributed by atoms with Gasteiger partial charge in [-0.25, -0.2) is 8.78 Å². The Kier molecular flexibility index (Phi) is 7.22. The van der Waals surface area contributed by atoms with E-state index in [-0.39, 0.29) is 17.2 Å². The van der Waals surface area contributed by atoms with Crippen LogP contribution in [0.3, 0.4) is 0 Å². The molecular formula is C25H28F4O. The maximum Gasteiger partial charge on any atom is 0.419 e. The van der Waals surface area contributed by atoms with E-state index in [1.165, 1.54) is 30.7 Å². The molecule has 0 N–H and O–H groups in total. The predicted molar refractivity (Wildman–Crippen MR) is 112 cm³/mol. The molecule has 0 amide bonds. The molecule has 1 nitrogen and oxygen atoms in total. The van der Waals surface area contributed by atoms with Crippen LogP contribution in [0, 0.1) is 30.4 Å². The Balaban J connectivity index is 1.63. The van der Waals surface area contributed by atoms with E-state index in [0.29, 0.717) is 17.0 Å². The third kappa shape index (κ3) is 5.87. The zero-order chi connectivity index (χ0) is 21.7. The maximum absolute atomic E-state index is 14.5. The summed E-state index contributed by atoms with van der Waals surface area (Å²) in [7, 11) is 0. The lowest BCUT2D eigenvalue weighted by Crippen LogP contribution is -2.22. The van der Waals surface area contributed by atoms with Gasteiger partial charge in [0.2, 0.25) is 0 Å². The number of aryl methyl sites for hydroxylation is 1. The van der Waals surface area contributed by atoms with Gasteiger partial charge in [-0.3, -0.25) is 0 Å². The van der Waals surface area contributed by atoms with Crippen molar-refractivity contribution in [3.63, 3.8) is 0 Å². The van der Waals surface area contributed by atoms with E-state index in [0.717, 1.165) is 44.2 Å². The van der Waals surface area contributed by atoms with E-state index < -0.39 is 17.7 Å². The monoisotopic (exact) mass is 420 g/mol. The molecule has 0 unspecified atom stereocenters. The third-order valence-electron chi connectivity index (χ3n) is 5.83. The summed E-state index contributed by atoms with van der Waals surface area (Å²) in [5.74, 6) is -0.634. The summed E-state index contributed by atoms with van der Waals surface area (Å²) in [6, 6.07) is 7.86. The van der Waals surface area contributed by atoms with E-state index in [2.05, 4.69) is 6.92 Å². The molecule has 0 heterocycles. The summed E-state index contributed by atoms with van der Waals surface area (Å²) in [5.41, 5.74) is 0.917. The Bertz CT molecular complexity index is 883. The van der Waals surface area contributed by atoms with Gasteiger partial charge in [0.05, 0.1) is 0 Å². The molecule has 0 saturated heterocycles. The van der Waals surface area contributed by atoms with Crippen molar-refractivity contribution in [2.45, 2.75) is 58.5 Å². The number of benzene rings is 2. The van der Waals surface area contributed by atoms with Crippen LogP contribution in [0.15, 0.2) is 48.6 Å². The highest BCUT2D eigenvalue weighted by Gasteiger charge is 2.29. The van der Waals surface area contributed by atoms with E-state index in [1.54, 1.807) is 19.1 Å². The Morgan fingerprint density at radius 1 is 1.00 bits per heavy atom. The Morgan fingerprint density at radius 2 is 1.73 bits per heavy atom. The number of alkyl halides is 2. The van der Waals surface area contributed by atoms with Gasteiger partial charge in [0, 0.05) is 17.7 Å². The second kappa shape index (κ2) is 9.67. The van der Waals surface area contributed by atoms with Crippen molar-refractivity contribution < 1.29 is 22.3 Å². The maximum atomic E-state index is 14.5. The molecule has 162 valence electrons. The SMILES string of the molecule is CCCC1CCC(/C=C/C(F)(F)Oc2ccc(-c3ccc(C)c(F)c3)c(F)c2)CC1. The first-order valence-electron chi connectivity index (χ1n) is 10.6. The molecule has 1 aliphatic rings. The van der Waals surface area contributed by atoms with E-state index >= 15 is 0 Å². The van der Waals surface area contributed by atoms with Crippen molar-refractivity contribution in [2.24, 2.45) is 11.8 Å². The number of hydrogen-bond acceptors (Lipinski definition) is 1. The van der Waals surface area contributed by atoms with Crippen LogP contribution in [0.2, 0.25) is 0 Å². The Labute approximate surface area is 175 Å². The standard InChI is InChI=1S/C25H28F4O/c1-3-4-18-6-8-19(9-7-18)13-14-25(28,29)30-21-11-12-22(24(27)16-21)20-10-5-17(2)23(26)15-20/h5,10-16,18-19H,3-4,6-9H2,1-2H3/b14-13+. The lowest BCUT2D eigenvalue weighted by molar-refractivity contribution is -0.132. The largest absolute Gasteiger partial charge is 0.429 e. The van der Waals surface area contributed by atoms with Crippen molar-refractivity contribution in [1.29, 1.82) is 0 Å². The van der Waals surface area contributed by atoms with Gasteiger partial charge in [-0.1, -0.05) is 38.0 Å². The van der Waals surface area contributed by atoms with Crippen molar-refractivity contribution in [1.82, 2.24) is 0 Å². The van der Waals surface area contributed by atoms with Gasteiger partial charge in [-0.05, 0) is 73.8 Å². The quantitative estimate of drug-likeness (QED) is 0.325. The molecule has 0 atom stereocenters. The number of allylic oxidation sites excluding steroid dienone is 1. The highest BCUT2D eigenvalue weighted by Crippen LogP contribution is 2.34. The molecule has 0 aliphatic heterocycles. The molecule has 1 saturated carbocycles. The topological polar surface area (TPSA) is 9.23 Å². The highest BCUT2D eigenvalue weighted by molar-refractivity contribution is 5.65. The zero-order valence-electron chi connectivity index (χ0n) is 17.4. The van der Waals surface area contributed by atoms with Gasteiger partial charge in [-0.15, -0.1) is 0 Å². The van der Waals surface area contributed by atoms with Crippen LogP contribution in [0.4, 0.5) is 17.6 Å². The predicted octanol–water partition coefficient (Wildman–Crippen LogP) is 8.07. The van der Waals surface area contributed by atoms with Crippen LogP contribution >= 0.6 is 0 Å². The highest BCUT2D eigenvalue weighted by atomic mass is 19.3. The first-order valence-corrected chi connectivity index (χ1v) is 10.6. The van der Waals surface area contributed by atoms with Crippen molar-refractivity contribution in [2.75, 3.05) is 0 Å². The van der Waals surface area contributed by atoms with Gasteiger partial charge in [0.15, 0.2) is 0 Å². The summed E-state index contributed by atoms with van der Waals surface area (Å²) in [5, 5.41) is 0. The molecule has 0 radical (unpaired) electrons. The fraction of sp³-hybridized carbons (Fsp3) is 0.440. The average molecular weight is 420 g/mol. The normalized spacial score (nSPS) is 19.9.